The maximum Gasteiger partial charge on any atom is 0.262 e. The van der Waals surface area contributed by atoms with Gasteiger partial charge in [0, 0.05) is 17.3 Å². The first-order valence-corrected chi connectivity index (χ1v) is 6.86. The summed E-state index contributed by atoms with van der Waals surface area (Å²) in [7, 11) is 3.04. The van der Waals surface area contributed by atoms with Crippen molar-refractivity contribution < 1.29 is 23.8 Å². The fourth-order valence-electron chi connectivity index (χ4n) is 1.92. The van der Waals surface area contributed by atoms with Gasteiger partial charge in [0.2, 0.25) is 0 Å². The Bertz CT molecular complexity index is 699. The number of carbonyl (C=O) groups excluding carboxylic acids is 2. The Morgan fingerprint density at radius 3 is 2.61 bits per heavy atom. The molecule has 0 aromatic heterocycles. The van der Waals surface area contributed by atoms with E-state index in [4.69, 9.17) is 14.2 Å². The number of aldehydes is 1. The average molecular weight is 315 g/mol. The second kappa shape index (κ2) is 7.84. The highest BCUT2D eigenvalue weighted by molar-refractivity contribution is 5.92. The molecule has 1 amide bonds. The van der Waals surface area contributed by atoms with Crippen LogP contribution in [0.5, 0.6) is 17.2 Å². The molecule has 2 aromatic carbocycles. The van der Waals surface area contributed by atoms with Crippen LogP contribution in [0, 0.1) is 0 Å². The molecule has 2 aromatic rings. The Hall–Kier alpha value is -3.02. The van der Waals surface area contributed by atoms with Crippen LogP contribution in [0.3, 0.4) is 0 Å². The molecule has 0 heterocycles. The molecule has 0 atom stereocenters. The molecule has 0 saturated carbocycles. The molecule has 120 valence electrons. The molecule has 0 aliphatic heterocycles. The molecule has 0 unspecified atom stereocenters. The van der Waals surface area contributed by atoms with Crippen LogP contribution in [0.25, 0.3) is 0 Å². The molecule has 0 aliphatic rings. The number of anilines is 1. The van der Waals surface area contributed by atoms with E-state index < -0.39 is 0 Å². The van der Waals surface area contributed by atoms with Crippen molar-refractivity contribution in [3.63, 3.8) is 0 Å². The zero-order chi connectivity index (χ0) is 16.7. The van der Waals surface area contributed by atoms with Crippen LogP contribution in [0.2, 0.25) is 0 Å². The molecule has 0 bridgehead atoms. The molecule has 0 radical (unpaired) electrons. The van der Waals surface area contributed by atoms with E-state index in [0.29, 0.717) is 34.8 Å². The lowest BCUT2D eigenvalue weighted by Crippen LogP contribution is -2.20. The summed E-state index contributed by atoms with van der Waals surface area (Å²) >= 11 is 0. The standard InChI is InChI=1S/C17H17NO5/c1-21-14-5-3-4-13(9-14)18-17(20)11-23-16-8-12(10-19)6-7-15(16)22-2/h3-10H,11H2,1-2H3,(H,18,20). The molecule has 23 heavy (non-hydrogen) atoms. The number of rotatable bonds is 7. The van der Waals surface area contributed by atoms with Gasteiger partial charge < -0.3 is 19.5 Å². The lowest BCUT2D eigenvalue weighted by atomic mass is 10.2. The second-order valence-electron chi connectivity index (χ2n) is 4.60. The van der Waals surface area contributed by atoms with E-state index >= 15 is 0 Å². The van der Waals surface area contributed by atoms with Gasteiger partial charge in [-0.1, -0.05) is 6.07 Å². The summed E-state index contributed by atoms with van der Waals surface area (Å²) in [6.45, 7) is -0.212. The van der Waals surface area contributed by atoms with Gasteiger partial charge in [-0.05, 0) is 30.3 Å². The topological polar surface area (TPSA) is 73.9 Å². The van der Waals surface area contributed by atoms with Crippen molar-refractivity contribution in [3.05, 3.63) is 48.0 Å². The highest BCUT2D eigenvalue weighted by Crippen LogP contribution is 2.27. The van der Waals surface area contributed by atoms with Gasteiger partial charge in [-0.2, -0.15) is 0 Å². The van der Waals surface area contributed by atoms with Crippen molar-refractivity contribution in [1.29, 1.82) is 0 Å². The van der Waals surface area contributed by atoms with E-state index in [0.717, 1.165) is 0 Å². The predicted molar refractivity (Wildman–Crippen MR) is 85.5 cm³/mol. The van der Waals surface area contributed by atoms with Gasteiger partial charge in [0.05, 0.1) is 14.2 Å². The summed E-state index contributed by atoms with van der Waals surface area (Å²) in [6.07, 6.45) is 0.697. The van der Waals surface area contributed by atoms with Crippen molar-refractivity contribution in [2.75, 3.05) is 26.1 Å². The highest BCUT2D eigenvalue weighted by atomic mass is 16.5. The number of methoxy groups -OCH3 is 2. The van der Waals surface area contributed by atoms with Crippen LogP contribution >= 0.6 is 0 Å². The predicted octanol–water partition coefficient (Wildman–Crippen LogP) is 2.53. The van der Waals surface area contributed by atoms with Gasteiger partial charge in [0.15, 0.2) is 18.1 Å². The Balaban J connectivity index is 2.00. The summed E-state index contributed by atoms with van der Waals surface area (Å²) < 4.78 is 15.7. The molecule has 1 N–H and O–H groups in total. The zero-order valence-electron chi connectivity index (χ0n) is 12.9. The largest absolute Gasteiger partial charge is 0.497 e. The normalized spacial score (nSPS) is 9.83. The fraction of sp³-hybridized carbons (Fsp3) is 0.176. The van der Waals surface area contributed by atoms with Gasteiger partial charge in [0.1, 0.15) is 12.0 Å². The first-order valence-electron chi connectivity index (χ1n) is 6.86. The van der Waals surface area contributed by atoms with Crippen molar-refractivity contribution in [3.8, 4) is 17.2 Å². The lowest BCUT2D eigenvalue weighted by molar-refractivity contribution is -0.118. The maximum absolute atomic E-state index is 12.0. The highest BCUT2D eigenvalue weighted by Gasteiger charge is 2.09. The maximum atomic E-state index is 12.0. The molecule has 0 spiro atoms. The Labute approximate surface area is 134 Å². The number of nitrogens with one attached hydrogen (secondary N) is 1. The van der Waals surface area contributed by atoms with E-state index in [1.54, 1.807) is 43.5 Å². The van der Waals surface area contributed by atoms with E-state index in [9.17, 15) is 9.59 Å². The number of hydrogen-bond donors (Lipinski definition) is 1. The van der Waals surface area contributed by atoms with E-state index in [1.807, 2.05) is 0 Å². The quantitative estimate of drug-likeness (QED) is 0.795. The first-order chi connectivity index (χ1) is 11.2. The first kappa shape index (κ1) is 16.4. The van der Waals surface area contributed by atoms with Gasteiger partial charge >= 0.3 is 0 Å². The molecule has 0 aliphatic carbocycles. The zero-order valence-corrected chi connectivity index (χ0v) is 12.9. The molecule has 6 heteroatoms. The third-order valence-corrected chi connectivity index (χ3v) is 3.04. The number of ether oxygens (including phenoxy) is 3. The smallest absolute Gasteiger partial charge is 0.262 e. The average Bonchev–Trinajstić information content (AvgIpc) is 2.59. The van der Waals surface area contributed by atoms with Gasteiger partial charge in [-0.15, -0.1) is 0 Å². The van der Waals surface area contributed by atoms with Gasteiger partial charge in [-0.25, -0.2) is 0 Å². The summed E-state index contributed by atoms with van der Waals surface area (Å²) in [5.74, 6) is 1.09. The van der Waals surface area contributed by atoms with E-state index in [-0.39, 0.29) is 12.5 Å². The van der Waals surface area contributed by atoms with Crippen molar-refractivity contribution in [2.24, 2.45) is 0 Å². The minimum Gasteiger partial charge on any atom is -0.497 e. The molecule has 6 nitrogen and oxygen atoms in total. The fourth-order valence-corrected chi connectivity index (χ4v) is 1.92. The van der Waals surface area contributed by atoms with Gasteiger partial charge in [-0.3, -0.25) is 9.59 Å². The number of benzene rings is 2. The van der Waals surface area contributed by atoms with Crippen molar-refractivity contribution >= 4 is 17.9 Å². The minimum atomic E-state index is -0.336. The molecular weight excluding hydrogens is 298 g/mol. The van der Waals surface area contributed by atoms with Crippen LogP contribution in [-0.2, 0) is 4.79 Å². The van der Waals surface area contributed by atoms with Crippen molar-refractivity contribution in [2.45, 2.75) is 0 Å². The summed E-state index contributed by atoms with van der Waals surface area (Å²) in [5.41, 5.74) is 1.04. The lowest BCUT2D eigenvalue weighted by Gasteiger charge is -2.11. The number of carbonyl (C=O) groups is 2. The summed E-state index contributed by atoms with van der Waals surface area (Å²) in [4.78, 5) is 22.8. The minimum absolute atomic E-state index is 0.212. The summed E-state index contributed by atoms with van der Waals surface area (Å²) in [6, 6.07) is 11.7. The van der Waals surface area contributed by atoms with Gasteiger partial charge in [0.25, 0.3) is 5.91 Å². The SMILES string of the molecule is COc1cccc(NC(=O)COc2cc(C=O)ccc2OC)c1. The van der Waals surface area contributed by atoms with Crippen LogP contribution in [0.15, 0.2) is 42.5 Å². The molecular formula is C17H17NO5. The third kappa shape index (κ3) is 4.47. The number of hydrogen-bond acceptors (Lipinski definition) is 5. The van der Waals surface area contributed by atoms with E-state index in [1.165, 1.54) is 13.2 Å². The molecule has 0 fully saturated rings. The van der Waals surface area contributed by atoms with Crippen LogP contribution < -0.4 is 19.5 Å². The van der Waals surface area contributed by atoms with E-state index in [2.05, 4.69) is 5.32 Å². The third-order valence-electron chi connectivity index (χ3n) is 3.04. The van der Waals surface area contributed by atoms with Crippen LogP contribution in [-0.4, -0.2) is 33.0 Å². The Morgan fingerprint density at radius 1 is 1.09 bits per heavy atom. The van der Waals surface area contributed by atoms with Crippen LogP contribution in [0.1, 0.15) is 10.4 Å². The number of amides is 1. The van der Waals surface area contributed by atoms with Crippen LogP contribution in [0.4, 0.5) is 5.69 Å². The molecule has 2 rings (SSSR count). The Morgan fingerprint density at radius 2 is 1.91 bits per heavy atom. The summed E-state index contributed by atoms with van der Waals surface area (Å²) in [5, 5.41) is 2.70. The second-order valence-corrected chi connectivity index (χ2v) is 4.60. The Kier molecular flexibility index (Phi) is 5.57. The molecule has 0 saturated heterocycles. The van der Waals surface area contributed by atoms with Crippen molar-refractivity contribution in [1.82, 2.24) is 0 Å². The monoisotopic (exact) mass is 315 g/mol.